The zero-order valence-electron chi connectivity index (χ0n) is 13.8. The molecule has 1 aliphatic heterocycles. The SMILES string of the molecule is CC(=O)c1ccc(N2CCN(c3ccc(C#N)c(Cl)c3)CC2)c(F)c1. The van der Waals surface area contributed by atoms with Crippen molar-refractivity contribution in [3.8, 4) is 6.07 Å². The number of hydrogen-bond donors (Lipinski definition) is 0. The van der Waals surface area contributed by atoms with E-state index in [1.54, 1.807) is 24.3 Å². The highest BCUT2D eigenvalue weighted by atomic mass is 35.5. The summed E-state index contributed by atoms with van der Waals surface area (Å²) in [6, 6.07) is 12.1. The minimum absolute atomic E-state index is 0.145. The number of ketones is 1. The molecule has 1 aliphatic rings. The monoisotopic (exact) mass is 357 g/mol. The Morgan fingerprint density at radius 2 is 1.80 bits per heavy atom. The Hall–Kier alpha value is -2.58. The number of rotatable bonds is 3. The number of nitrogens with zero attached hydrogens (tertiary/aromatic N) is 3. The van der Waals surface area contributed by atoms with Crippen LogP contribution in [0, 0.1) is 17.1 Å². The van der Waals surface area contributed by atoms with Gasteiger partial charge in [0.2, 0.25) is 0 Å². The molecule has 128 valence electrons. The largest absolute Gasteiger partial charge is 0.368 e. The maximum atomic E-state index is 14.3. The lowest BCUT2D eigenvalue weighted by molar-refractivity contribution is 0.101. The van der Waals surface area contributed by atoms with Gasteiger partial charge < -0.3 is 9.80 Å². The van der Waals surface area contributed by atoms with Crippen molar-refractivity contribution >= 4 is 28.8 Å². The van der Waals surface area contributed by atoms with Crippen molar-refractivity contribution in [2.45, 2.75) is 6.92 Å². The Kier molecular flexibility index (Phi) is 4.91. The number of benzene rings is 2. The number of carbonyl (C=O) groups is 1. The lowest BCUT2D eigenvalue weighted by Gasteiger charge is -2.37. The highest BCUT2D eigenvalue weighted by Gasteiger charge is 2.20. The molecule has 0 bridgehead atoms. The predicted octanol–water partition coefficient (Wildman–Crippen LogP) is 3.88. The third-order valence-electron chi connectivity index (χ3n) is 4.41. The molecule has 0 unspecified atom stereocenters. The number of halogens is 2. The van der Waals surface area contributed by atoms with Crippen LogP contribution in [0.25, 0.3) is 0 Å². The number of Topliss-reactive ketones (excluding diaryl/α,β-unsaturated/α-hetero) is 1. The van der Waals surface area contributed by atoms with E-state index in [2.05, 4.69) is 4.90 Å². The molecular formula is C19H17ClFN3O. The molecule has 1 fully saturated rings. The van der Waals surface area contributed by atoms with Gasteiger partial charge in [0, 0.05) is 37.4 Å². The van der Waals surface area contributed by atoms with Crippen molar-refractivity contribution in [3.05, 3.63) is 58.4 Å². The third-order valence-corrected chi connectivity index (χ3v) is 4.73. The number of anilines is 2. The summed E-state index contributed by atoms with van der Waals surface area (Å²) < 4.78 is 14.3. The summed E-state index contributed by atoms with van der Waals surface area (Å²) in [5.41, 5.74) is 2.31. The van der Waals surface area contributed by atoms with E-state index in [4.69, 9.17) is 16.9 Å². The quantitative estimate of drug-likeness (QED) is 0.782. The fraction of sp³-hybridized carbons (Fsp3) is 0.263. The second kappa shape index (κ2) is 7.12. The van der Waals surface area contributed by atoms with Crippen LogP contribution in [0.1, 0.15) is 22.8 Å². The Balaban J connectivity index is 1.71. The summed E-state index contributed by atoms with van der Waals surface area (Å²) in [5, 5.41) is 9.39. The van der Waals surface area contributed by atoms with Crippen molar-refractivity contribution in [3.63, 3.8) is 0 Å². The molecule has 2 aromatic rings. The zero-order valence-corrected chi connectivity index (χ0v) is 14.6. The molecule has 0 atom stereocenters. The van der Waals surface area contributed by atoms with Crippen LogP contribution in [0.3, 0.4) is 0 Å². The van der Waals surface area contributed by atoms with Crippen LogP contribution < -0.4 is 9.80 Å². The molecular weight excluding hydrogens is 341 g/mol. The minimum Gasteiger partial charge on any atom is -0.368 e. The zero-order chi connectivity index (χ0) is 18.0. The molecule has 3 rings (SSSR count). The Bertz CT molecular complexity index is 854. The van der Waals surface area contributed by atoms with Gasteiger partial charge in [-0.3, -0.25) is 4.79 Å². The highest BCUT2D eigenvalue weighted by Crippen LogP contribution is 2.27. The molecule has 0 aromatic heterocycles. The number of hydrogen-bond acceptors (Lipinski definition) is 4. The molecule has 0 aliphatic carbocycles. The summed E-state index contributed by atoms with van der Waals surface area (Å²) in [6.07, 6.45) is 0. The molecule has 0 spiro atoms. The molecule has 0 radical (unpaired) electrons. The predicted molar refractivity (Wildman–Crippen MR) is 97.0 cm³/mol. The Morgan fingerprint density at radius 1 is 1.12 bits per heavy atom. The lowest BCUT2D eigenvalue weighted by Crippen LogP contribution is -2.46. The molecule has 0 amide bonds. The van der Waals surface area contributed by atoms with Gasteiger partial charge in [-0.05, 0) is 43.3 Å². The number of piperazine rings is 1. The maximum Gasteiger partial charge on any atom is 0.159 e. The van der Waals surface area contributed by atoms with Gasteiger partial charge in [-0.25, -0.2) is 4.39 Å². The summed E-state index contributed by atoms with van der Waals surface area (Å²) in [7, 11) is 0. The molecule has 25 heavy (non-hydrogen) atoms. The van der Waals surface area contributed by atoms with E-state index in [9.17, 15) is 9.18 Å². The van der Waals surface area contributed by atoms with Gasteiger partial charge in [-0.15, -0.1) is 0 Å². The first-order valence-electron chi connectivity index (χ1n) is 7.99. The van der Waals surface area contributed by atoms with E-state index in [1.807, 2.05) is 17.0 Å². The van der Waals surface area contributed by atoms with E-state index in [0.717, 1.165) is 18.8 Å². The number of nitriles is 1. The van der Waals surface area contributed by atoms with Gasteiger partial charge in [0.05, 0.1) is 16.3 Å². The molecule has 4 nitrogen and oxygen atoms in total. The average molecular weight is 358 g/mol. The number of carbonyl (C=O) groups excluding carboxylic acids is 1. The highest BCUT2D eigenvalue weighted by molar-refractivity contribution is 6.32. The van der Waals surface area contributed by atoms with Crippen LogP contribution >= 0.6 is 11.6 Å². The maximum absolute atomic E-state index is 14.3. The molecule has 1 heterocycles. The summed E-state index contributed by atoms with van der Waals surface area (Å²) in [4.78, 5) is 15.5. The third kappa shape index (κ3) is 3.59. The fourth-order valence-corrected chi connectivity index (χ4v) is 3.20. The molecule has 6 heteroatoms. The molecule has 1 saturated heterocycles. The molecule has 2 aromatic carbocycles. The van der Waals surface area contributed by atoms with Crippen LogP contribution in [0.5, 0.6) is 0 Å². The van der Waals surface area contributed by atoms with Crippen LogP contribution in [-0.4, -0.2) is 32.0 Å². The van der Waals surface area contributed by atoms with Crippen LogP contribution in [0.4, 0.5) is 15.8 Å². The first kappa shape index (κ1) is 17.2. The van der Waals surface area contributed by atoms with Gasteiger partial charge in [0.25, 0.3) is 0 Å². The Morgan fingerprint density at radius 3 is 2.36 bits per heavy atom. The molecule has 0 N–H and O–H groups in total. The van der Waals surface area contributed by atoms with Crippen LogP contribution in [0.2, 0.25) is 5.02 Å². The Labute approximate surface area is 151 Å². The average Bonchev–Trinajstić information content (AvgIpc) is 2.61. The standard InChI is InChI=1S/C19H17ClFN3O/c1-13(25)14-3-5-19(18(21)10-14)24-8-6-23(7-9-24)16-4-2-15(12-22)17(20)11-16/h2-5,10-11H,6-9H2,1H3. The first-order valence-corrected chi connectivity index (χ1v) is 8.37. The summed E-state index contributed by atoms with van der Waals surface area (Å²) in [5.74, 6) is -0.518. The van der Waals surface area contributed by atoms with Crippen molar-refractivity contribution in [2.24, 2.45) is 0 Å². The summed E-state index contributed by atoms with van der Waals surface area (Å²) >= 11 is 6.10. The fourth-order valence-electron chi connectivity index (χ4n) is 2.98. The molecule has 0 saturated carbocycles. The van der Waals surface area contributed by atoms with E-state index in [0.29, 0.717) is 34.9 Å². The van der Waals surface area contributed by atoms with Gasteiger partial charge >= 0.3 is 0 Å². The van der Waals surface area contributed by atoms with Crippen LogP contribution in [-0.2, 0) is 0 Å². The van der Waals surface area contributed by atoms with Gasteiger partial charge in [-0.2, -0.15) is 5.26 Å². The topological polar surface area (TPSA) is 47.3 Å². The smallest absolute Gasteiger partial charge is 0.159 e. The second-order valence-corrected chi connectivity index (χ2v) is 6.38. The van der Waals surface area contributed by atoms with Crippen molar-refractivity contribution in [2.75, 3.05) is 36.0 Å². The van der Waals surface area contributed by atoms with E-state index in [1.165, 1.54) is 13.0 Å². The minimum atomic E-state index is -0.373. The van der Waals surface area contributed by atoms with Crippen molar-refractivity contribution < 1.29 is 9.18 Å². The first-order chi connectivity index (χ1) is 12.0. The van der Waals surface area contributed by atoms with Crippen molar-refractivity contribution in [1.29, 1.82) is 5.26 Å². The second-order valence-electron chi connectivity index (χ2n) is 5.97. The van der Waals surface area contributed by atoms with Gasteiger partial charge in [-0.1, -0.05) is 11.6 Å². The van der Waals surface area contributed by atoms with E-state index >= 15 is 0 Å². The normalized spacial score (nSPS) is 14.3. The van der Waals surface area contributed by atoms with E-state index < -0.39 is 0 Å². The van der Waals surface area contributed by atoms with E-state index in [-0.39, 0.29) is 11.6 Å². The van der Waals surface area contributed by atoms with Gasteiger partial charge in [0.1, 0.15) is 11.9 Å². The van der Waals surface area contributed by atoms with Crippen LogP contribution in [0.15, 0.2) is 36.4 Å². The van der Waals surface area contributed by atoms with Crippen molar-refractivity contribution in [1.82, 2.24) is 0 Å². The van der Waals surface area contributed by atoms with Gasteiger partial charge in [0.15, 0.2) is 5.78 Å². The lowest BCUT2D eigenvalue weighted by atomic mass is 10.1. The summed E-state index contributed by atoms with van der Waals surface area (Å²) in [6.45, 7) is 4.18.